The molecule has 0 spiro atoms. The van der Waals surface area contributed by atoms with E-state index in [0.29, 0.717) is 5.56 Å². The van der Waals surface area contributed by atoms with Gasteiger partial charge < -0.3 is 10.1 Å². The van der Waals surface area contributed by atoms with Gasteiger partial charge in [-0.15, -0.1) is 11.8 Å². The predicted octanol–water partition coefficient (Wildman–Crippen LogP) is 4.50. The number of nitrogens with one attached hydrogen (secondary N) is 1. The number of aryl methyl sites for hydroxylation is 1. The van der Waals surface area contributed by atoms with Crippen LogP contribution < -0.4 is 10.1 Å². The minimum Gasteiger partial charge on any atom is -0.494 e. The van der Waals surface area contributed by atoms with Gasteiger partial charge in [-0.2, -0.15) is 0 Å². The summed E-state index contributed by atoms with van der Waals surface area (Å²) in [5, 5.41) is 2.69. The summed E-state index contributed by atoms with van der Waals surface area (Å²) < 4.78 is 18.7. The van der Waals surface area contributed by atoms with E-state index >= 15 is 0 Å². The molecular weight excluding hydrogens is 325 g/mol. The molecule has 0 bridgehead atoms. The van der Waals surface area contributed by atoms with Crippen LogP contribution in [0.25, 0.3) is 0 Å². The molecule has 1 N–H and O–H groups in total. The predicted molar refractivity (Wildman–Crippen MR) is 96.0 cm³/mol. The zero-order valence-electron chi connectivity index (χ0n) is 14.3. The van der Waals surface area contributed by atoms with E-state index in [1.165, 1.54) is 30.5 Å². The lowest BCUT2D eigenvalue weighted by atomic mass is 10.1. The molecule has 2 rings (SSSR count). The van der Waals surface area contributed by atoms with Gasteiger partial charge in [0.15, 0.2) is 11.6 Å². The third-order valence-corrected chi connectivity index (χ3v) is 4.85. The highest BCUT2D eigenvalue weighted by Gasteiger charge is 2.18. The van der Waals surface area contributed by atoms with Crippen LogP contribution in [0.1, 0.15) is 31.0 Å². The Morgan fingerprint density at radius 1 is 1.17 bits per heavy atom. The van der Waals surface area contributed by atoms with Crippen LogP contribution in [0.4, 0.5) is 4.39 Å². The van der Waals surface area contributed by atoms with Crippen molar-refractivity contribution in [2.24, 2.45) is 0 Å². The van der Waals surface area contributed by atoms with E-state index in [1.807, 2.05) is 45.0 Å². The Morgan fingerprint density at radius 2 is 1.83 bits per heavy atom. The van der Waals surface area contributed by atoms with Crippen molar-refractivity contribution in [3.63, 3.8) is 0 Å². The summed E-state index contributed by atoms with van der Waals surface area (Å²) in [4.78, 5) is 13.4. The number of thioether (sulfide) groups is 1. The molecule has 0 aliphatic carbocycles. The average molecular weight is 347 g/mol. The summed E-state index contributed by atoms with van der Waals surface area (Å²) in [6, 6.07) is 12.5. The zero-order valence-corrected chi connectivity index (χ0v) is 15.1. The number of carbonyl (C=O) groups excluding carboxylic acids is 1. The molecule has 0 fully saturated rings. The minimum atomic E-state index is -0.432. The van der Waals surface area contributed by atoms with Gasteiger partial charge in [-0.3, -0.25) is 4.79 Å². The first-order chi connectivity index (χ1) is 11.4. The van der Waals surface area contributed by atoms with Crippen molar-refractivity contribution < 1.29 is 13.9 Å². The van der Waals surface area contributed by atoms with Crippen LogP contribution >= 0.6 is 11.8 Å². The van der Waals surface area contributed by atoms with E-state index in [4.69, 9.17) is 4.74 Å². The van der Waals surface area contributed by atoms with E-state index in [1.54, 1.807) is 12.1 Å². The number of halogens is 1. The maximum absolute atomic E-state index is 13.8. The second kappa shape index (κ2) is 8.20. The Morgan fingerprint density at radius 3 is 2.42 bits per heavy atom. The smallest absolute Gasteiger partial charge is 0.233 e. The number of benzene rings is 2. The maximum Gasteiger partial charge on any atom is 0.233 e. The molecule has 0 aliphatic heterocycles. The highest BCUT2D eigenvalue weighted by molar-refractivity contribution is 8.00. The van der Waals surface area contributed by atoms with Crippen LogP contribution in [-0.2, 0) is 4.79 Å². The Kier molecular flexibility index (Phi) is 6.26. The fraction of sp³-hybridized carbons (Fsp3) is 0.316. The Balaban J connectivity index is 1.97. The van der Waals surface area contributed by atoms with Gasteiger partial charge in [0.25, 0.3) is 0 Å². The van der Waals surface area contributed by atoms with Gasteiger partial charge in [-0.1, -0.05) is 23.8 Å². The van der Waals surface area contributed by atoms with Gasteiger partial charge in [0, 0.05) is 4.90 Å². The van der Waals surface area contributed by atoms with Gasteiger partial charge in [0.2, 0.25) is 5.91 Å². The fourth-order valence-corrected chi connectivity index (χ4v) is 3.12. The number of amides is 1. The molecule has 2 atom stereocenters. The molecule has 2 aromatic carbocycles. The average Bonchev–Trinajstić information content (AvgIpc) is 2.56. The minimum absolute atomic E-state index is 0.0794. The summed E-state index contributed by atoms with van der Waals surface area (Å²) in [6.45, 7) is 5.73. The number of hydrogen-bond acceptors (Lipinski definition) is 3. The highest BCUT2D eigenvalue weighted by Crippen LogP contribution is 2.25. The van der Waals surface area contributed by atoms with Crippen molar-refractivity contribution in [3.05, 3.63) is 59.4 Å². The van der Waals surface area contributed by atoms with Crippen LogP contribution in [0.15, 0.2) is 47.4 Å². The van der Waals surface area contributed by atoms with Gasteiger partial charge in [0.05, 0.1) is 18.4 Å². The molecule has 2 aromatic rings. The van der Waals surface area contributed by atoms with Crippen molar-refractivity contribution in [2.75, 3.05) is 7.11 Å². The lowest BCUT2D eigenvalue weighted by molar-refractivity contribution is -0.120. The Labute approximate surface area is 146 Å². The number of ether oxygens (including phenoxy) is 1. The SMILES string of the molecule is COc1ccc(C(C)NC(=O)C(C)Sc2ccc(C)cc2)cc1F. The molecule has 128 valence electrons. The van der Waals surface area contributed by atoms with Gasteiger partial charge >= 0.3 is 0 Å². The standard InChI is InChI=1S/C19H22FNO2S/c1-12-5-8-16(9-6-12)24-14(3)19(22)21-13(2)15-7-10-18(23-4)17(20)11-15/h5-11,13-14H,1-4H3,(H,21,22). The third kappa shape index (κ3) is 4.74. The molecule has 0 radical (unpaired) electrons. The van der Waals surface area contributed by atoms with Crippen molar-refractivity contribution in [2.45, 2.75) is 37.0 Å². The van der Waals surface area contributed by atoms with Gasteiger partial charge in [-0.25, -0.2) is 4.39 Å². The molecule has 5 heteroatoms. The zero-order chi connectivity index (χ0) is 17.7. The quantitative estimate of drug-likeness (QED) is 0.782. The van der Waals surface area contributed by atoms with E-state index in [2.05, 4.69) is 5.32 Å². The highest BCUT2D eigenvalue weighted by atomic mass is 32.2. The van der Waals surface area contributed by atoms with Gasteiger partial charge in [0.1, 0.15) is 0 Å². The largest absolute Gasteiger partial charge is 0.494 e. The summed E-state index contributed by atoms with van der Waals surface area (Å²) in [6.07, 6.45) is 0. The van der Waals surface area contributed by atoms with Crippen molar-refractivity contribution in [3.8, 4) is 5.75 Å². The molecule has 0 saturated carbocycles. The molecule has 0 aliphatic rings. The Bertz CT molecular complexity index is 703. The lowest BCUT2D eigenvalue weighted by Gasteiger charge is -2.18. The third-order valence-electron chi connectivity index (χ3n) is 3.74. The number of carbonyl (C=O) groups is 1. The van der Waals surface area contributed by atoms with Crippen molar-refractivity contribution in [1.29, 1.82) is 0 Å². The summed E-state index contributed by atoms with van der Waals surface area (Å²) in [5.41, 5.74) is 1.89. The van der Waals surface area contributed by atoms with Crippen LogP contribution in [0.2, 0.25) is 0 Å². The summed E-state index contributed by atoms with van der Waals surface area (Å²) in [5.74, 6) is -0.317. The van der Waals surface area contributed by atoms with E-state index in [9.17, 15) is 9.18 Å². The number of rotatable bonds is 6. The number of hydrogen-bond donors (Lipinski definition) is 1. The molecule has 3 nitrogen and oxygen atoms in total. The molecule has 0 heterocycles. The molecule has 2 unspecified atom stereocenters. The first-order valence-corrected chi connectivity index (χ1v) is 8.66. The van der Waals surface area contributed by atoms with Crippen LogP contribution in [0.3, 0.4) is 0 Å². The van der Waals surface area contributed by atoms with Crippen molar-refractivity contribution in [1.82, 2.24) is 5.32 Å². The fourth-order valence-electron chi connectivity index (χ4n) is 2.24. The molecule has 1 amide bonds. The second-order valence-corrected chi connectivity index (χ2v) is 7.11. The molecule has 0 saturated heterocycles. The first-order valence-electron chi connectivity index (χ1n) is 7.78. The van der Waals surface area contributed by atoms with Crippen molar-refractivity contribution >= 4 is 17.7 Å². The summed E-state index contributed by atoms with van der Waals surface area (Å²) >= 11 is 1.50. The Hall–Kier alpha value is -2.01. The molecule has 24 heavy (non-hydrogen) atoms. The number of methoxy groups -OCH3 is 1. The van der Waals surface area contributed by atoms with Crippen LogP contribution in [0.5, 0.6) is 5.75 Å². The van der Waals surface area contributed by atoms with E-state index in [-0.39, 0.29) is 22.9 Å². The van der Waals surface area contributed by atoms with E-state index < -0.39 is 5.82 Å². The van der Waals surface area contributed by atoms with Crippen LogP contribution in [0, 0.1) is 12.7 Å². The van der Waals surface area contributed by atoms with E-state index in [0.717, 1.165) is 4.90 Å². The first kappa shape index (κ1) is 18.3. The molecular formula is C19H22FNO2S. The summed E-state index contributed by atoms with van der Waals surface area (Å²) in [7, 11) is 1.42. The normalized spacial score (nSPS) is 13.2. The second-order valence-electron chi connectivity index (χ2n) is 5.70. The molecule has 0 aromatic heterocycles. The van der Waals surface area contributed by atoms with Gasteiger partial charge in [-0.05, 0) is 50.6 Å². The monoisotopic (exact) mass is 347 g/mol. The maximum atomic E-state index is 13.8. The lowest BCUT2D eigenvalue weighted by Crippen LogP contribution is -2.33. The topological polar surface area (TPSA) is 38.3 Å². The van der Waals surface area contributed by atoms with Crippen LogP contribution in [-0.4, -0.2) is 18.3 Å².